The predicted molar refractivity (Wildman–Crippen MR) is 71.2 cm³/mol. The van der Waals surface area contributed by atoms with E-state index in [1.807, 2.05) is 37.3 Å². The van der Waals surface area contributed by atoms with Crippen LogP contribution in [0.25, 0.3) is 0 Å². The molecule has 0 heterocycles. The number of carbonyl (C=O) groups excluding carboxylic acids is 1. The van der Waals surface area contributed by atoms with Crippen LogP contribution in [0.2, 0.25) is 0 Å². The fourth-order valence-electron chi connectivity index (χ4n) is 1.50. The van der Waals surface area contributed by atoms with Crippen LogP contribution in [0.1, 0.15) is 31.9 Å². The quantitative estimate of drug-likeness (QED) is 0.548. The van der Waals surface area contributed by atoms with Gasteiger partial charge in [-0.15, -0.1) is 6.58 Å². The summed E-state index contributed by atoms with van der Waals surface area (Å²) in [5, 5.41) is 0. The van der Waals surface area contributed by atoms with Gasteiger partial charge in [-0.3, -0.25) is 0 Å². The van der Waals surface area contributed by atoms with Crippen LogP contribution in [0.15, 0.2) is 42.5 Å². The van der Waals surface area contributed by atoms with Crippen LogP contribution in [-0.4, -0.2) is 19.2 Å². The summed E-state index contributed by atoms with van der Waals surface area (Å²) in [6, 6.07) is 9.39. The number of hydrogen-bond acceptors (Lipinski definition) is 3. The molecule has 18 heavy (non-hydrogen) atoms. The molecule has 1 aromatic rings. The summed E-state index contributed by atoms with van der Waals surface area (Å²) in [7, 11) is 0. The molecule has 1 atom stereocenters. The van der Waals surface area contributed by atoms with Gasteiger partial charge in [0.05, 0.1) is 13.2 Å². The molecule has 3 heteroatoms. The van der Waals surface area contributed by atoms with E-state index in [9.17, 15) is 4.79 Å². The highest BCUT2D eigenvalue weighted by Crippen LogP contribution is 2.19. The number of hydrogen-bond donors (Lipinski definition) is 0. The van der Waals surface area contributed by atoms with Crippen LogP contribution in [0.3, 0.4) is 0 Å². The lowest BCUT2D eigenvalue weighted by molar-refractivity contribution is -0.157. The first-order chi connectivity index (χ1) is 8.65. The predicted octanol–water partition coefficient (Wildman–Crippen LogP) is 3.27. The van der Waals surface area contributed by atoms with Crippen LogP contribution in [0.4, 0.5) is 0 Å². The average Bonchev–Trinajstić information content (AvgIpc) is 2.35. The summed E-state index contributed by atoms with van der Waals surface area (Å²) in [6.07, 6.45) is 0.0911. The highest BCUT2D eigenvalue weighted by Gasteiger charge is 2.22. The standard InChI is InChI=1S/C15H20O3/c1-4-17-15(16)14(18-11-10-12(2)3)13-8-6-5-7-9-13/h5-9,14H,2,4,10-11H2,1,3H3. The van der Waals surface area contributed by atoms with E-state index in [2.05, 4.69) is 6.58 Å². The minimum Gasteiger partial charge on any atom is -0.464 e. The minimum absolute atomic E-state index is 0.342. The van der Waals surface area contributed by atoms with Gasteiger partial charge in [-0.2, -0.15) is 0 Å². The number of ether oxygens (including phenoxy) is 2. The lowest BCUT2D eigenvalue weighted by atomic mass is 10.1. The second-order valence-corrected chi connectivity index (χ2v) is 4.12. The van der Waals surface area contributed by atoms with E-state index in [0.717, 1.165) is 17.6 Å². The van der Waals surface area contributed by atoms with Gasteiger partial charge in [-0.1, -0.05) is 35.9 Å². The summed E-state index contributed by atoms with van der Waals surface area (Å²) in [5.41, 5.74) is 1.85. The molecule has 0 aliphatic heterocycles. The zero-order valence-electron chi connectivity index (χ0n) is 11.0. The Morgan fingerprint density at radius 1 is 1.33 bits per heavy atom. The molecule has 0 N–H and O–H groups in total. The zero-order chi connectivity index (χ0) is 13.4. The summed E-state index contributed by atoms with van der Waals surface area (Å²) in [5.74, 6) is -0.342. The van der Waals surface area contributed by atoms with E-state index in [4.69, 9.17) is 9.47 Å². The third kappa shape index (κ3) is 4.72. The van der Waals surface area contributed by atoms with Crippen LogP contribution >= 0.6 is 0 Å². The van der Waals surface area contributed by atoms with Crippen molar-refractivity contribution in [3.05, 3.63) is 48.0 Å². The van der Waals surface area contributed by atoms with Crippen molar-refractivity contribution in [3.8, 4) is 0 Å². The van der Waals surface area contributed by atoms with E-state index >= 15 is 0 Å². The maximum Gasteiger partial charge on any atom is 0.339 e. The fraction of sp³-hybridized carbons (Fsp3) is 0.400. The van der Waals surface area contributed by atoms with Crippen LogP contribution in [0.5, 0.6) is 0 Å². The second-order valence-electron chi connectivity index (χ2n) is 4.12. The molecule has 98 valence electrons. The monoisotopic (exact) mass is 248 g/mol. The molecule has 0 spiro atoms. The molecular weight excluding hydrogens is 228 g/mol. The first kappa shape index (κ1) is 14.5. The summed E-state index contributed by atoms with van der Waals surface area (Å²) >= 11 is 0. The Morgan fingerprint density at radius 3 is 2.56 bits per heavy atom. The zero-order valence-corrected chi connectivity index (χ0v) is 11.0. The topological polar surface area (TPSA) is 35.5 Å². The normalized spacial score (nSPS) is 11.9. The Kier molecular flexibility index (Phi) is 6.15. The molecular formula is C15H20O3. The molecule has 0 saturated carbocycles. The van der Waals surface area contributed by atoms with Gasteiger partial charge in [0.25, 0.3) is 0 Å². The van der Waals surface area contributed by atoms with Gasteiger partial charge in [0, 0.05) is 0 Å². The van der Waals surface area contributed by atoms with Crippen LogP contribution in [0, 0.1) is 0 Å². The smallest absolute Gasteiger partial charge is 0.339 e. The molecule has 3 nitrogen and oxygen atoms in total. The molecule has 0 aliphatic carbocycles. The van der Waals surface area contributed by atoms with Gasteiger partial charge in [-0.25, -0.2) is 4.79 Å². The lowest BCUT2D eigenvalue weighted by Gasteiger charge is -2.16. The third-order valence-electron chi connectivity index (χ3n) is 2.42. The molecule has 1 rings (SSSR count). The highest BCUT2D eigenvalue weighted by molar-refractivity contribution is 5.76. The highest BCUT2D eigenvalue weighted by atomic mass is 16.6. The van der Waals surface area contributed by atoms with Crippen LogP contribution < -0.4 is 0 Å². The van der Waals surface area contributed by atoms with Gasteiger partial charge in [-0.05, 0) is 25.8 Å². The number of rotatable bonds is 7. The SMILES string of the molecule is C=C(C)CCOC(C(=O)OCC)c1ccccc1. The van der Waals surface area contributed by atoms with Crippen molar-refractivity contribution in [2.24, 2.45) is 0 Å². The summed E-state index contributed by atoms with van der Waals surface area (Å²) in [6.45, 7) is 8.35. The molecule has 0 radical (unpaired) electrons. The molecule has 1 aromatic carbocycles. The Balaban J connectivity index is 2.69. The largest absolute Gasteiger partial charge is 0.464 e. The fourth-order valence-corrected chi connectivity index (χ4v) is 1.50. The van der Waals surface area contributed by atoms with Gasteiger partial charge >= 0.3 is 5.97 Å². The third-order valence-corrected chi connectivity index (χ3v) is 2.42. The molecule has 1 unspecified atom stereocenters. The minimum atomic E-state index is -0.648. The van der Waals surface area contributed by atoms with Gasteiger partial charge in [0.1, 0.15) is 0 Å². The Morgan fingerprint density at radius 2 is 2.00 bits per heavy atom. The Bertz CT molecular complexity index is 384. The van der Waals surface area contributed by atoms with Crippen molar-refractivity contribution >= 4 is 5.97 Å². The van der Waals surface area contributed by atoms with Gasteiger partial charge < -0.3 is 9.47 Å². The van der Waals surface area contributed by atoms with Gasteiger partial charge in [0.2, 0.25) is 0 Å². The Hall–Kier alpha value is -1.61. The van der Waals surface area contributed by atoms with Crippen molar-refractivity contribution in [1.29, 1.82) is 0 Å². The van der Waals surface area contributed by atoms with Crippen molar-refractivity contribution in [3.63, 3.8) is 0 Å². The van der Waals surface area contributed by atoms with Crippen molar-refractivity contribution < 1.29 is 14.3 Å². The van der Waals surface area contributed by atoms with Crippen LogP contribution in [-0.2, 0) is 14.3 Å². The van der Waals surface area contributed by atoms with Gasteiger partial charge in [0.15, 0.2) is 6.10 Å². The molecule has 0 bridgehead atoms. The molecule has 0 aromatic heterocycles. The average molecular weight is 248 g/mol. The van der Waals surface area contributed by atoms with E-state index in [0.29, 0.717) is 13.2 Å². The van der Waals surface area contributed by atoms with Crippen molar-refractivity contribution in [1.82, 2.24) is 0 Å². The van der Waals surface area contributed by atoms with Crippen molar-refractivity contribution in [2.75, 3.05) is 13.2 Å². The maximum atomic E-state index is 11.8. The second kappa shape index (κ2) is 7.67. The molecule has 0 amide bonds. The number of esters is 1. The summed E-state index contributed by atoms with van der Waals surface area (Å²) in [4.78, 5) is 11.8. The molecule has 0 aliphatic rings. The maximum absolute atomic E-state index is 11.8. The van der Waals surface area contributed by atoms with E-state index in [1.165, 1.54) is 0 Å². The molecule has 0 fully saturated rings. The van der Waals surface area contributed by atoms with E-state index < -0.39 is 6.10 Å². The Labute approximate surface area is 108 Å². The first-order valence-electron chi connectivity index (χ1n) is 6.12. The number of benzene rings is 1. The first-order valence-corrected chi connectivity index (χ1v) is 6.12. The van der Waals surface area contributed by atoms with Crippen molar-refractivity contribution in [2.45, 2.75) is 26.4 Å². The van der Waals surface area contributed by atoms with E-state index in [1.54, 1.807) is 6.92 Å². The van der Waals surface area contributed by atoms with E-state index in [-0.39, 0.29) is 5.97 Å². The number of carbonyl (C=O) groups is 1. The molecule has 0 saturated heterocycles. The lowest BCUT2D eigenvalue weighted by Crippen LogP contribution is -2.19. The summed E-state index contributed by atoms with van der Waals surface area (Å²) < 4.78 is 10.6.